The number of fused-ring (bicyclic) bond motifs is 1. The Hall–Kier alpha value is -1.24. The number of hydrogen-bond donors (Lipinski definition) is 1. The van der Waals surface area contributed by atoms with Crippen LogP contribution in [0.15, 0.2) is 28.1 Å². The summed E-state index contributed by atoms with van der Waals surface area (Å²) < 4.78 is 17.9. The van der Waals surface area contributed by atoms with Crippen LogP contribution < -0.4 is 19.5 Å². The standard InChI is InChI=1S/C15H16BrNO3S/c1-2-17-7-10-5-13-14(20-9-19-13)6-12(10)18-8-11-3-4-15(16)21-11/h3-6,17H,2,7-9H2,1H3. The Morgan fingerprint density at radius 3 is 2.81 bits per heavy atom. The van der Waals surface area contributed by atoms with Crippen molar-refractivity contribution in [1.29, 1.82) is 0 Å². The minimum absolute atomic E-state index is 0.275. The maximum absolute atomic E-state index is 5.97. The number of rotatable bonds is 6. The van der Waals surface area contributed by atoms with E-state index < -0.39 is 0 Å². The first-order chi connectivity index (χ1) is 10.3. The zero-order valence-electron chi connectivity index (χ0n) is 11.6. The fraction of sp³-hybridized carbons (Fsp3) is 0.333. The molecule has 2 heterocycles. The molecule has 1 aromatic carbocycles. The molecule has 0 saturated heterocycles. The molecule has 0 atom stereocenters. The van der Waals surface area contributed by atoms with Gasteiger partial charge >= 0.3 is 0 Å². The van der Waals surface area contributed by atoms with Crippen LogP contribution in [-0.4, -0.2) is 13.3 Å². The van der Waals surface area contributed by atoms with Gasteiger partial charge in [-0.3, -0.25) is 0 Å². The van der Waals surface area contributed by atoms with Crippen molar-refractivity contribution in [1.82, 2.24) is 5.32 Å². The maximum Gasteiger partial charge on any atom is 0.231 e. The Morgan fingerprint density at radius 2 is 2.10 bits per heavy atom. The lowest BCUT2D eigenvalue weighted by Gasteiger charge is -2.12. The van der Waals surface area contributed by atoms with Gasteiger partial charge in [-0.25, -0.2) is 0 Å². The quantitative estimate of drug-likeness (QED) is 0.837. The molecule has 0 fully saturated rings. The number of thiophene rings is 1. The van der Waals surface area contributed by atoms with E-state index in [1.54, 1.807) is 11.3 Å². The van der Waals surface area contributed by atoms with Crippen LogP contribution in [-0.2, 0) is 13.2 Å². The smallest absolute Gasteiger partial charge is 0.231 e. The topological polar surface area (TPSA) is 39.7 Å². The first-order valence-corrected chi connectivity index (χ1v) is 8.37. The van der Waals surface area contributed by atoms with E-state index in [0.29, 0.717) is 6.61 Å². The summed E-state index contributed by atoms with van der Waals surface area (Å²) in [4.78, 5) is 1.17. The van der Waals surface area contributed by atoms with Crippen molar-refractivity contribution in [3.05, 3.63) is 38.5 Å². The molecule has 0 aliphatic carbocycles. The van der Waals surface area contributed by atoms with E-state index in [9.17, 15) is 0 Å². The second-order valence-corrected chi connectivity index (χ2v) is 7.14. The lowest BCUT2D eigenvalue weighted by molar-refractivity contribution is 0.173. The van der Waals surface area contributed by atoms with Gasteiger partial charge in [0.05, 0.1) is 3.79 Å². The average molecular weight is 370 g/mol. The zero-order chi connectivity index (χ0) is 14.7. The fourth-order valence-electron chi connectivity index (χ4n) is 2.08. The van der Waals surface area contributed by atoms with Crippen LogP contribution in [0.1, 0.15) is 17.4 Å². The molecule has 1 N–H and O–H groups in total. The number of halogens is 1. The van der Waals surface area contributed by atoms with Crippen LogP contribution in [0.4, 0.5) is 0 Å². The van der Waals surface area contributed by atoms with E-state index in [0.717, 1.165) is 39.7 Å². The molecule has 112 valence electrons. The van der Waals surface area contributed by atoms with Crippen LogP contribution >= 0.6 is 27.3 Å². The maximum atomic E-state index is 5.97. The highest BCUT2D eigenvalue weighted by atomic mass is 79.9. The molecular formula is C15H16BrNO3S. The van der Waals surface area contributed by atoms with Gasteiger partial charge in [0.1, 0.15) is 12.4 Å². The summed E-state index contributed by atoms with van der Waals surface area (Å²) in [5.41, 5.74) is 1.08. The molecule has 0 radical (unpaired) electrons. The van der Waals surface area contributed by atoms with Crippen LogP contribution in [0.5, 0.6) is 17.2 Å². The van der Waals surface area contributed by atoms with Gasteiger partial charge in [-0.2, -0.15) is 0 Å². The third-order valence-electron chi connectivity index (χ3n) is 3.12. The average Bonchev–Trinajstić information content (AvgIpc) is 3.10. The first-order valence-electron chi connectivity index (χ1n) is 6.76. The molecule has 2 aromatic rings. The van der Waals surface area contributed by atoms with Gasteiger partial charge in [0, 0.05) is 23.1 Å². The lowest BCUT2D eigenvalue weighted by Crippen LogP contribution is -2.12. The summed E-state index contributed by atoms with van der Waals surface area (Å²) in [6, 6.07) is 8.00. The predicted octanol–water partition coefficient (Wildman–Crippen LogP) is 3.93. The monoisotopic (exact) mass is 369 g/mol. The van der Waals surface area contributed by atoms with E-state index in [-0.39, 0.29) is 6.79 Å². The third-order valence-corrected chi connectivity index (χ3v) is 4.72. The van der Waals surface area contributed by atoms with E-state index in [1.165, 1.54) is 4.88 Å². The largest absolute Gasteiger partial charge is 0.488 e. The number of ether oxygens (including phenoxy) is 3. The minimum Gasteiger partial charge on any atom is -0.488 e. The van der Waals surface area contributed by atoms with Crippen molar-refractivity contribution in [2.45, 2.75) is 20.1 Å². The summed E-state index contributed by atoms with van der Waals surface area (Å²) >= 11 is 5.14. The van der Waals surface area contributed by atoms with E-state index in [2.05, 4.69) is 34.2 Å². The molecule has 0 unspecified atom stereocenters. The summed E-state index contributed by atoms with van der Waals surface area (Å²) in [6.45, 7) is 4.56. The van der Waals surface area contributed by atoms with E-state index in [4.69, 9.17) is 14.2 Å². The van der Waals surface area contributed by atoms with Crippen molar-refractivity contribution >= 4 is 27.3 Å². The summed E-state index contributed by atoms with van der Waals surface area (Å²) in [5.74, 6) is 2.37. The first kappa shape index (κ1) is 14.7. The Labute approximate surface area is 136 Å². The molecule has 1 aliphatic heterocycles. The zero-order valence-corrected chi connectivity index (χ0v) is 14.1. The van der Waals surface area contributed by atoms with Gasteiger partial charge in [0.15, 0.2) is 11.5 Å². The van der Waals surface area contributed by atoms with Gasteiger partial charge in [-0.05, 0) is 40.7 Å². The number of benzene rings is 1. The predicted molar refractivity (Wildman–Crippen MR) is 86.3 cm³/mol. The molecule has 1 aliphatic rings. The summed E-state index contributed by atoms with van der Waals surface area (Å²) in [7, 11) is 0. The molecule has 0 saturated carbocycles. The van der Waals surface area contributed by atoms with Crippen molar-refractivity contribution in [2.24, 2.45) is 0 Å². The molecule has 0 spiro atoms. The fourth-order valence-corrected chi connectivity index (χ4v) is 3.47. The highest BCUT2D eigenvalue weighted by molar-refractivity contribution is 9.11. The molecule has 3 rings (SSSR count). The van der Waals surface area contributed by atoms with Crippen LogP contribution in [0.2, 0.25) is 0 Å². The van der Waals surface area contributed by atoms with Crippen LogP contribution in [0.25, 0.3) is 0 Å². The molecule has 0 bridgehead atoms. The van der Waals surface area contributed by atoms with Gasteiger partial charge in [-0.15, -0.1) is 11.3 Å². The molecule has 0 amide bonds. The van der Waals surface area contributed by atoms with Gasteiger partial charge in [0.2, 0.25) is 6.79 Å². The Morgan fingerprint density at radius 1 is 1.29 bits per heavy atom. The molecule has 1 aromatic heterocycles. The minimum atomic E-state index is 0.275. The van der Waals surface area contributed by atoms with Crippen molar-refractivity contribution in [2.75, 3.05) is 13.3 Å². The van der Waals surface area contributed by atoms with Crippen molar-refractivity contribution in [3.8, 4) is 17.2 Å². The Kier molecular flexibility index (Phi) is 4.67. The lowest BCUT2D eigenvalue weighted by atomic mass is 10.1. The van der Waals surface area contributed by atoms with Crippen LogP contribution in [0.3, 0.4) is 0 Å². The molecule has 6 heteroatoms. The van der Waals surface area contributed by atoms with Gasteiger partial charge < -0.3 is 19.5 Å². The van der Waals surface area contributed by atoms with Crippen molar-refractivity contribution < 1.29 is 14.2 Å². The van der Waals surface area contributed by atoms with E-state index >= 15 is 0 Å². The molecular weight excluding hydrogens is 354 g/mol. The van der Waals surface area contributed by atoms with Gasteiger partial charge in [0.25, 0.3) is 0 Å². The number of nitrogens with one attached hydrogen (secondary N) is 1. The normalized spacial score (nSPS) is 12.7. The highest BCUT2D eigenvalue weighted by Crippen LogP contribution is 2.38. The molecule has 4 nitrogen and oxygen atoms in total. The summed E-state index contributed by atoms with van der Waals surface area (Å²) in [5, 5.41) is 3.32. The van der Waals surface area contributed by atoms with Crippen molar-refractivity contribution in [3.63, 3.8) is 0 Å². The second kappa shape index (κ2) is 6.68. The Balaban J connectivity index is 1.78. The second-order valence-electron chi connectivity index (χ2n) is 4.59. The van der Waals surface area contributed by atoms with E-state index in [1.807, 2.05) is 18.2 Å². The highest BCUT2D eigenvalue weighted by Gasteiger charge is 2.18. The SMILES string of the molecule is CCNCc1cc2c(cc1OCc1ccc(Br)s1)OCO2. The number of hydrogen-bond acceptors (Lipinski definition) is 5. The Bertz CT molecular complexity index is 629. The van der Waals surface area contributed by atoms with Crippen LogP contribution in [0, 0.1) is 0 Å². The van der Waals surface area contributed by atoms with Gasteiger partial charge in [-0.1, -0.05) is 6.92 Å². The molecule has 21 heavy (non-hydrogen) atoms. The summed E-state index contributed by atoms with van der Waals surface area (Å²) in [6.07, 6.45) is 0. The third kappa shape index (κ3) is 3.51.